The number of para-hydroxylation sites is 2. The highest BCUT2D eigenvalue weighted by molar-refractivity contribution is 7.18. The van der Waals surface area contributed by atoms with Gasteiger partial charge in [0.1, 0.15) is 10.5 Å². The molecule has 2 nitrogen and oxygen atoms in total. The van der Waals surface area contributed by atoms with E-state index in [2.05, 4.69) is 29.3 Å². The maximum atomic E-state index is 13.3. The fourth-order valence-corrected chi connectivity index (χ4v) is 4.24. The van der Waals surface area contributed by atoms with Gasteiger partial charge in [-0.3, -0.25) is 0 Å². The smallest absolute Gasteiger partial charge is 0.262 e. The van der Waals surface area contributed by atoms with Crippen LogP contribution in [0.4, 0.5) is 10.1 Å². The molecule has 0 atom stereocenters. The molecule has 2 N–H and O–H groups in total. The number of nitrogens with two attached hydrogens (primary N) is 1. The Balaban J connectivity index is 0.00000210. The molecule has 0 radical (unpaired) electrons. The first-order valence-electron chi connectivity index (χ1n) is 8.34. The molecule has 0 saturated carbocycles. The molecular formula is C22H18BrFN2S. The van der Waals surface area contributed by atoms with Crippen LogP contribution in [0.15, 0.2) is 73.3 Å². The van der Waals surface area contributed by atoms with Crippen LogP contribution in [-0.2, 0) is 6.54 Å². The Labute approximate surface area is 172 Å². The molecule has 0 aliphatic heterocycles. The van der Waals surface area contributed by atoms with E-state index in [-0.39, 0.29) is 22.8 Å². The zero-order chi connectivity index (χ0) is 18.1. The minimum absolute atomic E-state index is 0. The highest BCUT2D eigenvalue weighted by Crippen LogP contribution is 2.34. The van der Waals surface area contributed by atoms with Gasteiger partial charge in [0.25, 0.3) is 5.01 Å². The summed E-state index contributed by atoms with van der Waals surface area (Å²) in [6, 6.07) is 20.8. The van der Waals surface area contributed by atoms with Gasteiger partial charge in [0, 0.05) is 22.9 Å². The number of nitrogen functional groups attached to an aromatic ring is 1. The molecule has 27 heavy (non-hydrogen) atoms. The molecule has 5 heteroatoms. The first kappa shape index (κ1) is 19.3. The molecular weight excluding hydrogens is 423 g/mol. The van der Waals surface area contributed by atoms with E-state index in [0.29, 0.717) is 6.54 Å². The lowest BCUT2D eigenvalue weighted by Gasteiger charge is -2.06. The number of fused-ring (bicyclic) bond motifs is 1. The van der Waals surface area contributed by atoms with Gasteiger partial charge in [0.15, 0.2) is 6.54 Å². The minimum atomic E-state index is -0.226. The van der Waals surface area contributed by atoms with Crippen LogP contribution in [0.1, 0.15) is 10.6 Å². The lowest BCUT2D eigenvalue weighted by Crippen LogP contribution is -3.00. The van der Waals surface area contributed by atoms with Crippen molar-refractivity contribution in [1.82, 2.24) is 0 Å². The fraction of sp³-hybridized carbons (Fsp3) is 0.0455. The lowest BCUT2D eigenvalue weighted by atomic mass is 10.0. The van der Waals surface area contributed by atoms with Gasteiger partial charge >= 0.3 is 0 Å². The van der Waals surface area contributed by atoms with Crippen molar-refractivity contribution in [3.05, 3.63) is 89.7 Å². The Kier molecular flexibility index (Phi) is 5.73. The van der Waals surface area contributed by atoms with Crippen molar-refractivity contribution in [3.8, 4) is 11.1 Å². The average Bonchev–Trinajstić information content (AvgIpc) is 3.02. The SMILES string of the molecule is C=Cc1sc2cccc(-c3ccccc3N)c2[n+]1Cc1ccc(F)cc1.[Br-]. The summed E-state index contributed by atoms with van der Waals surface area (Å²) >= 11 is 1.69. The van der Waals surface area contributed by atoms with Gasteiger partial charge < -0.3 is 22.7 Å². The first-order valence-corrected chi connectivity index (χ1v) is 9.16. The number of thiazole rings is 1. The first-order chi connectivity index (χ1) is 12.7. The van der Waals surface area contributed by atoms with E-state index < -0.39 is 0 Å². The number of hydrogen-bond donors (Lipinski definition) is 1. The van der Waals surface area contributed by atoms with Crippen LogP contribution >= 0.6 is 11.3 Å². The second-order valence-corrected chi connectivity index (χ2v) is 7.16. The van der Waals surface area contributed by atoms with Gasteiger partial charge in [-0.05, 0) is 42.5 Å². The summed E-state index contributed by atoms with van der Waals surface area (Å²) in [6.07, 6.45) is 1.87. The maximum absolute atomic E-state index is 13.3. The molecule has 1 heterocycles. The highest BCUT2D eigenvalue weighted by atomic mass is 79.9. The van der Waals surface area contributed by atoms with Crippen LogP contribution in [0, 0.1) is 5.82 Å². The van der Waals surface area contributed by atoms with E-state index in [4.69, 9.17) is 5.73 Å². The topological polar surface area (TPSA) is 29.9 Å². The normalized spacial score (nSPS) is 10.6. The molecule has 0 saturated heterocycles. The largest absolute Gasteiger partial charge is 1.00 e. The second kappa shape index (κ2) is 8.03. The summed E-state index contributed by atoms with van der Waals surface area (Å²) in [5.41, 5.74) is 11.2. The zero-order valence-electron chi connectivity index (χ0n) is 14.5. The van der Waals surface area contributed by atoms with Crippen molar-refractivity contribution in [1.29, 1.82) is 0 Å². The molecule has 136 valence electrons. The van der Waals surface area contributed by atoms with Crippen LogP contribution in [0.5, 0.6) is 0 Å². The molecule has 4 aromatic rings. The van der Waals surface area contributed by atoms with Crippen molar-refractivity contribution in [3.63, 3.8) is 0 Å². The van der Waals surface area contributed by atoms with Crippen molar-refractivity contribution >= 4 is 33.3 Å². The summed E-state index contributed by atoms with van der Waals surface area (Å²) < 4.78 is 16.7. The van der Waals surface area contributed by atoms with E-state index in [1.807, 2.05) is 42.5 Å². The molecule has 4 rings (SSSR count). The van der Waals surface area contributed by atoms with Crippen molar-refractivity contribution in [2.75, 3.05) is 5.73 Å². The van der Waals surface area contributed by atoms with E-state index in [1.165, 1.54) is 16.8 Å². The summed E-state index contributed by atoms with van der Waals surface area (Å²) in [7, 11) is 0. The van der Waals surface area contributed by atoms with Gasteiger partial charge in [-0.2, -0.15) is 4.57 Å². The molecule has 0 spiro atoms. The molecule has 0 fully saturated rings. The second-order valence-electron chi connectivity index (χ2n) is 6.10. The lowest BCUT2D eigenvalue weighted by molar-refractivity contribution is -0.659. The highest BCUT2D eigenvalue weighted by Gasteiger charge is 2.23. The molecule has 0 bridgehead atoms. The van der Waals surface area contributed by atoms with Crippen LogP contribution in [-0.4, -0.2) is 0 Å². The van der Waals surface area contributed by atoms with Crippen molar-refractivity contribution in [2.45, 2.75) is 6.54 Å². The quantitative estimate of drug-likeness (QED) is 0.382. The van der Waals surface area contributed by atoms with Crippen LogP contribution in [0.25, 0.3) is 27.4 Å². The standard InChI is InChI=1S/C22H18FN2S.BrH/c1-2-21-25(14-15-10-12-16(23)13-11-15)22-18(7-5-9-20(22)26-21)17-6-3-4-8-19(17)24;/h2-13H,1,14,24H2;1H/q+1;/p-1. The number of benzene rings is 3. The molecule has 0 aliphatic carbocycles. The third kappa shape index (κ3) is 3.66. The predicted octanol–water partition coefficient (Wildman–Crippen LogP) is 2.27. The summed E-state index contributed by atoms with van der Waals surface area (Å²) in [4.78, 5) is 0. The molecule has 0 unspecified atom stereocenters. The molecule has 1 aromatic heterocycles. The Morgan fingerprint density at radius 3 is 2.37 bits per heavy atom. The van der Waals surface area contributed by atoms with E-state index in [9.17, 15) is 4.39 Å². The van der Waals surface area contributed by atoms with Crippen molar-refractivity contribution < 1.29 is 25.9 Å². The number of nitrogens with zero attached hydrogens (tertiary/aromatic N) is 1. The summed E-state index contributed by atoms with van der Waals surface area (Å²) in [5.74, 6) is -0.226. The third-order valence-corrected chi connectivity index (χ3v) is 5.57. The Bertz CT molecular complexity index is 1100. The number of rotatable bonds is 4. The van der Waals surface area contributed by atoms with E-state index >= 15 is 0 Å². The molecule has 0 aliphatic rings. The third-order valence-electron chi connectivity index (χ3n) is 4.43. The number of halogens is 2. The van der Waals surface area contributed by atoms with Crippen LogP contribution in [0.3, 0.4) is 0 Å². The van der Waals surface area contributed by atoms with Gasteiger partial charge in [-0.15, -0.1) is 0 Å². The molecule has 3 aromatic carbocycles. The maximum Gasteiger partial charge on any atom is 0.262 e. The molecule has 0 amide bonds. The van der Waals surface area contributed by atoms with E-state index in [0.717, 1.165) is 32.9 Å². The van der Waals surface area contributed by atoms with Crippen LogP contribution < -0.4 is 27.3 Å². The monoisotopic (exact) mass is 440 g/mol. The Hall–Kier alpha value is -2.50. The Morgan fingerprint density at radius 2 is 1.67 bits per heavy atom. The average molecular weight is 441 g/mol. The Morgan fingerprint density at radius 1 is 0.963 bits per heavy atom. The fourth-order valence-electron chi connectivity index (χ4n) is 3.20. The van der Waals surface area contributed by atoms with E-state index in [1.54, 1.807) is 11.3 Å². The van der Waals surface area contributed by atoms with Crippen LogP contribution in [0.2, 0.25) is 0 Å². The number of hydrogen-bond acceptors (Lipinski definition) is 2. The number of anilines is 1. The summed E-state index contributed by atoms with van der Waals surface area (Å²) in [5, 5.41) is 1.06. The predicted molar refractivity (Wildman–Crippen MR) is 107 cm³/mol. The summed E-state index contributed by atoms with van der Waals surface area (Å²) in [6.45, 7) is 4.61. The van der Waals surface area contributed by atoms with Gasteiger partial charge in [0.05, 0.1) is 5.56 Å². The van der Waals surface area contributed by atoms with Gasteiger partial charge in [0.2, 0.25) is 5.52 Å². The van der Waals surface area contributed by atoms with Gasteiger partial charge in [-0.25, -0.2) is 4.39 Å². The minimum Gasteiger partial charge on any atom is -1.00 e. The number of aromatic nitrogens is 1. The van der Waals surface area contributed by atoms with Gasteiger partial charge in [-0.1, -0.05) is 42.2 Å². The zero-order valence-corrected chi connectivity index (χ0v) is 16.9. The van der Waals surface area contributed by atoms with Crippen molar-refractivity contribution in [2.24, 2.45) is 0 Å².